The number of carbonyl (C=O) groups excluding carboxylic acids is 1. The maximum atomic E-state index is 11.1. The van der Waals surface area contributed by atoms with Gasteiger partial charge in [0.15, 0.2) is 0 Å². The van der Waals surface area contributed by atoms with Crippen LogP contribution in [0.25, 0.3) is 0 Å². The Balaban J connectivity index is 2.77. The molecule has 18 heavy (non-hydrogen) atoms. The first-order valence-electron chi connectivity index (χ1n) is 5.72. The summed E-state index contributed by atoms with van der Waals surface area (Å²) in [4.78, 5) is 11.1. The van der Waals surface area contributed by atoms with Crippen molar-refractivity contribution in [3.05, 3.63) is 23.3 Å². The number of rotatable bonds is 6. The van der Waals surface area contributed by atoms with Crippen LogP contribution in [0.2, 0.25) is 0 Å². The van der Waals surface area contributed by atoms with E-state index in [1.165, 1.54) is 0 Å². The van der Waals surface area contributed by atoms with Crippen molar-refractivity contribution in [2.45, 2.75) is 13.3 Å². The number of amides is 1. The molecule has 5 heteroatoms. The van der Waals surface area contributed by atoms with Crippen LogP contribution in [0.3, 0.4) is 0 Å². The minimum Gasteiger partial charge on any atom is -0.496 e. The van der Waals surface area contributed by atoms with Crippen LogP contribution in [0.1, 0.15) is 11.1 Å². The summed E-state index contributed by atoms with van der Waals surface area (Å²) in [5, 5.41) is 2.78. The van der Waals surface area contributed by atoms with Crippen molar-refractivity contribution in [2.24, 2.45) is 0 Å². The van der Waals surface area contributed by atoms with E-state index < -0.39 is 0 Å². The van der Waals surface area contributed by atoms with Crippen molar-refractivity contribution in [3.63, 3.8) is 0 Å². The van der Waals surface area contributed by atoms with E-state index in [2.05, 4.69) is 17.9 Å². The highest BCUT2D eigenvalue weighted by molar-refractivity contribution is 7.81. The standard InChI is InChI=1S/C13H19NO3S/c1-9-11(16-2)5-4-10(13(9)17-3)6-7-14-12(15)8-18/h4-5,18H,6-8H2,1-3H3,(H,14,15). The van der Waals surface area contributed by atoms with E-state index in [0.717, 1.165) is 22.6 Å². The van der Waals surface area contributed by atoms with Gasteiger partial charge in [0.2, 0.25) is 5.91 Å². The first kappa shape index (κ1) is 14.7. The highest BCUT2D eigenvalue weighted by Gasteiger charge is 2.11. The molecule has 1 rings (SSSR count). The smallest absolute Gasteiger partial charge is 0.229 e. The predicted molar refractivity (Wildman–Crippen MR) is 74.8 cm³/mol. The quantitative estimate of drug-likeness (QED) is 0.771. The van der Waals surface area contributed by atoms with Crippen LogP contribution < -0.4 is 14.8 Å². The summed E-state index contributed by atoms with van der Waals surface area (Å²) in [6.07, 6.45) is 0.716. The van der Waals surface area contributed by atoms with E-state index in [1.54, 1.807) is 14.2 Å². The number of ether oxygens (including phenoxy) is 2. The zero-order chi connectivity index (χ0) is 13.5. The van der Waals surface area contributed by atoms with Gasteiger partial charge in [-0.1, -0.05) is 6.07 Å². The Morgan fingerprint density at radius 1 is 1.33 bits per heavy atom. The lowest BCUT2D eigenvalue weighted by Crippen LogP contribution is -2.26. The Morgan fingerprint density at radius 3 is 2.61 bits per heavy atom. The molecule has 0 radical (unpaired) electrons. The molecule has 0 aliphatic carbocycles. The summed E-state index contributed by atoms with van der Waals surface area (Å²) in [5.74, 6) is 1.76. The molecule has 0 atom stereocenters. The topological polar surface area (TPSA) is 47.6 Å². The molecular formula is C13H19NO3S. The van der Waals surface area contributed by atoms with Gasteiger partial charge in [-0.2, -0.15) is 12.6 Å². The van der Waals surface area contributed by atoms with E-state index in [0.29, 0.717) is 13.0 Å². The molecule has 0 saturated heterocycles. The number of hydrogen-bond acceptors (Lipinski definition) is 4. The first-order valence-corrected chi connectivity index (χ1v) is 6.35. The zero-order valence-electron chi connectivity index (χ0n) is 10.9. The molecule has 0 bridgehead atoms. The molecule has 0 heterocycles. The van der Waals surface area contributed by atoms with Gasteiger partial charge in [-0.05, 0) is 25.0 Å². The summed E-state index contributed by atoms with van der Waals surface area (Å²) in [6.45, 7) is 2.52. The molecule has 0 saturated carbocycles. The van der Waals surface area contributed by atoms with E-state index in [1.807, 2.05) is 19.1 Å². The lowest BCUT2D eigenvalue weighted by molar-refractivity contribution is -0.118. The molecule has 0 aliphatic rings. The fourth-order valence-corrected chi connectivity index (χ4v) is 1.94. The minimum atomic E-state index is -0.0671. The number of nitrogens with one attached hydrogen (secondary N) is 1. The molecule has 100 valence electrons. The van der Waals surface area contributed by atoms with Crippen molar-refractivity contribution >= 4 is 18.5 Å². The molecule has 1 amide bonds. The predicted octanol–water partition coefficient (Wildman–Crippen LogP) is 1.60. The highest BCUT2D eigenvalue weighted by Crippen LogP contribution is 2.31. The Kier molecular flexibility index (Phi) is 5.85. The highest BCUT2D eigenvalue weighted by atomic mass is 32.1. The summed E-state index contributed by atoms with van der Waals surface area (Å²) in [7, 11) is 3.27. The fourth-order valence-electron chi connectivity index (χ4n) is 1.82. The second-order valence-electron chi connectivity index (χ2n) is 3.84. The zero-order valence-corrected chi connectivity index (χ0v) is 11.8. The number of benzene rings is 1. The monoisotopic (exact) mass is 269 g/mol. The van der Waals surface area contributed by atoms with Crippen LogP contribution >= 0.6 is 12.6 Å². The van der Waals surface area contributed by atoms with Gasteiger partial charge in [-0.3, -0.25) is 4.79 Å². The van der Waals surface area contributed by atoms with Crippen molar-refractivity contribution in [1.29, 1.82) is 0 Å². The molecule has 0 spiro atoms. The maximum absolute atomic E-state index is 11.1. The van der Waals surface area contributed by atoms with Gasteiger partial charge in [0.05, 0.1) is 20.0 Å². The van der Waals surface area contributed by atoms with E-state index in [-0.39, 0.29) is 11.7 Å². The first-order chi connectivity index (χ1) is 8.63. The van der Waals surface area contributed by atoms with Gasteiger partial charge in [0.25, 0.3) is 0 Å². The third kappa shape index (κ3) is 3.57. The maximum Gasteiger partial charge on any atom is 0.229 e. The lowest BCUT2D eigenvalue weighted by Gasteiger charge is -2.14. The Bertz CT molecular complexity index is 421. The average Bonchev–Trinajstić information content (AvgIpc) is 2.39. The summed E-state index contributed by atoms with van der Waals surface area (Å²) < 4.78 is 10.6. The summed E-state index contributed by atoms with van der Waals surface area (Å²) >= 11 is 3.90. The third-order valence-corrected chi connectivity index (χ3v) is 3.01. The van der Waals surface area contributed by atoms with Crippen LogP contribution in [0.5, 0.6) is 11.5 Å². The van der Waals surface area contributed by atoms with Crippen LogP contribution in [-0.2, 0) is 11.2 Å². The van der Waals surface area contributed by atoms with Gasteiger partial charge in [-0.25, -0.2) is 0 Å². The van der Waals surface area contributed by atoms with Crippen molar-refractivity contribution in [2.75, 3.05) is 26.5 Å². The second-order valence-corrected chi connectivity index (χ2v) is 4.16. The Labute approximate surface area is 113 Å². The average molecular weight is 269 g/mol. The van der Waals surface area contributed by atoms with Crippen molar-refractivity contribution < 1.29 is 14.3 Å². The largest absolute Gasteiger partial charge is 0.496 e. The van der Waals surface area contributed by atoms with E-state index in [9.17, 15) is 4.79 Å². The number of thiol groups is 1. The van der Waals surface area contributed by atoms with Crippen LogP contribution in [0.4, 0.5) is 0 Å². The lowest BCUT2D eigenvalue weighted by atomic mass is 10.1. The molecule has 1 N–H and O–H groups in total. The molecular weight excluding hydrogens is 250 g/mol. The Morgan fingerprint density at radius 2 is 2.06 bits per heavy atom. The molecule has 1 aromatic rings. The van der Waals surface area contributed by atoms with Crippen molar-refractivity contribution in [3.8, 4) is 11.5 Å². The van der Waals surface area contributed by atoms with Gasteiger partial charge < -0.3 is 14.8 Å². The fraction of sp³-hybridized carbons (Fsp3) is 0.462. The molecule has 4 nitrogen and oxygen atoms in total. The van der Waals surface area contributed by atoms with E-state index >= 15 is 0 Å². The van der Waals surface area contributed by atoms with Crippen LogP contribution in [0.15, 0.2) is 12.1 Å². The van der Waals surface area contributed by atoms with Gasteiger partial charge in [0.1, 0.15) is 11.5 Å². The number of methoxy groups -OCH3 is 2. The molecule has 0 unspecified atom stereocenters. The number of hydrogen-bond donors (Lipinski definition) is 2. The molecule has 0 fully saturated rings. The second kappa shape index (κ2) is 7.16. The van der Waals surface area contributed by atoms with E-state index in [4.69, 9.17) is 9.47 Å². The minimum absolute atomic E-state index is 0.0671. The molecule has 0 aliphatic heterocycles. The van der Waals surface area contributed by atoms with Gasteiger partial charge >= 0.3 is 0 Å². The van der Waals surface area contributed by atoms with Gasteiger partial charge in [-0.15, -0.1) is 0 Å². The van der Waals surface area contributed by atoms with Gasteiger partial charge in [0, 0.05) is 12.1 Å². The normalized spacial score (nSPS) is 10.0. The van der Waals surface area contributed by atoms with Crippen molar-refractivity contribution in [1.82, 2.24) is 5.32 Å². The summed E-state index contributed by atoms with van der Waals surface area (Å²) in [6, 6.07) is 3.87. The molecule has 1 aromatic carbocycles. The van der Waals surface area contributed by atoms with Crippen LogP contribution in [-0.4, -0.2) is 32.4 Å². The Hall–Kier alpha value is -1.36. The number of carbonyl (C=O) groups is 1. The summed E-state index contributed by atoms with van der Waals surface area (Å²) in [5.41, 5.74) is 2.02. The SMILES string of the molecule is COc1ccc(CCNC(=O)CS)c(OC)c1C. The third-order valence-electron chi connectivity index (χ3n) is 2.72. The molecule has 0 aromatic heterocycles. The van der Waals surface area contributed by atoms with Crippen LogP contribution in [0, 0.1) is 6.92 Å².